The second-order valence-corrected chi connectivity index (χ2v) is 13.3. The predicted octanol–water partition coefficient (Wildman–Crippen LogP) is 5.14. The van der Waals surface area contributed by atoms with Crippen LogP contribution < -0.4 is 10.6 Å². The molecule has 2 heterocycles. The molecule has 1 atom stereocenters. The molecule has 2 rings (SSSR count). The molecule has 1 unspecified atom stereocenters. The third kappa shape index (κ3) is 9.56. The number of esters is 2. The topological polar surface area (TPSA) is 76.7 Å². The molecule has 2 fully saturated rings. The summed E-state index contributed by atoms with van der Waals surface area (Å²) in [5, 5.41) is 7.22. The minimum absolute atomic E-state index is 0.0411. The van der Waals surface area contributed by atoms with E-state index in [-0.39, 0.29) is 52.0 Å². The van der Waals surface area contributed by atoms with Crippen molar-refractivity contribution >= 4 is 11.9 Å². The molecule has 192 valence electrons. The normalized spacial score (nSPS) is 25.2. The van der Waals surface area contributed by atoms with E-state index >= 15 is 0 Å². The Labute approximate surface area is 202 Å². The number of piperidine rings is 2. The zero-order valence-corrected chi connectivity index (χ0v) is 22.7. The lowest BCUT2D eigenvalue weighted by atomic mass is 9.76. The van der Waals surface area contributed by atoms with Crippen LogP contribution in [0.2, 0.25) is 0 Å². The van der Waals surface area contributed by atoms with E-state index in [9.17, 15) is 9.59 Å². The molecule has 33 heavy (non-hydrogen) atoms. The summed E-state index contributed by atoms with van der Waals surface area (Å²) in [6, 6.07) is 0. The predicted molar refractivity (Wildman–Crippen MR) is 133 cm³/mol. The van der Waals surface area contributed by atoms with Crippen molar-refractivity contribution in [2.45, 2.75) is 142 Å². The molecule has 6 heteroatoms. The van der Waals surface area contributed by atoms with Crippen molar-refractivity contribution in [1.29, 1.82) is 0 Å². The number of rotatable bonds is 9. The summed E-state index contributed by atoms with van der Waals surface area (Å²) in [5.41, 5.74) is -0.241. The minimum atomic E-state index is -0.0830. The van der Waals surface area contributed by atoms with Crippen molar-refractivity contribution in [2.75, 3.05) is 6.61 Å². The van der Waals surface area contributed by atoms with Crippen molar-refractivity contribution in [2.24, 2.45) is 11.8 Å². The number of nitrogens with one attached hydrogen (secondary N) is 2. The van der Waals surface area contributed by atoms with Gasteiger partial charge in [-0.2, -0.15) is 0 Å². The number of unbranched alkanes of at least 4 members (excludes halogenated alkanes) is 2. The van der Waals surface area contributed by atoms with Crippen LogP contribution in [0.3, 0.4) is 0 Å². The third-order valence-electron chi connectivity index (χ3n) is 6.86. The van der Waals surface area contributed by atoms with Crippen LogP contribution >= 0.6 is 0 Å². The SMILES string of the molecule is CC(CCCCCOC(=O)C1CC(C)(C)NC(C)(C)C1)OC(=O)C1CC(C)(C)NC(C)(C)C1. The lowest BCUT2D eigenvalue weighted by Crippen LogP contribution is -2.59. The molecule has 0 saturated carbocycles. The summed E-state index contributed by atoms with van der Waals surface area (Å²) in [4.78, 5) is 25.3. The van der Waals surface area contributed by atoms with Gasteiger partial charge in [-0.05, 0) is 114 Å². The van der Waals surface area contributed by atoms with Gasteiger partial charge in [0.25, 0.3) is 0 Å². The maximum atomic E-state index is 12.7. The van der Waals surface area contributed by atoms with Gasteiger partial charge in [0.2, 0.25) is 0 Å². The first kappa shape index (κ1) is 28.1. The van der Waals surface area contributed by atoms with Crippen LogP contribution in [0.25, 0.3) is 0 Å². The first-order valence-corrected chi connectivity index (χ1v) is 13.0. The Kier molecular flexibility index (Phi) is 9.06. The minimum Gasteiger partial charge on any atom is -0.465 e. The van der Waals surface area contributed by atoms with Gasteiger partial charge in [0, 0.05) is 22.2 Å². The molecule has 0 amide bonds. The van der Waals surface area contributed by atoms with Gasteiger partial charge in [-0.1, -0.05) is 0 Å². The molecular formula is C27H50N2O4. The number of hydrogen-bond acceptors (Lipinski definition) is 6. The Morgan fingerprint density at radius 3 is 1.61 bits per heavy atom. The third-order valence-corrected chi connectivity index (χ3v) is 6.86. The van der Waals surface area contributed by atoms with Gasteiger partial charge in [0.15, 0.2) is 0 Å². The quantitative estimate of drug-likeness (QED) is 0.362. The largest absolute Gasteiger partial charge is 0.465 e. The second kappa shape index (κ2) is 10.6. The highest BCUT2D eigenvalue weighted by atomic mass is 16.5. The summed E-state index contributed by atoms with van der Waals surface area (Å²) in [6.07, 6.45) is 6.76. The van der Waals surface area contributed by atoms with E-state index in [0.717, 1.165) is 51.4 Å². The summed E-state index contributed by atoms with van der Waals surface area (Å²) in [6.45, 7) is 19.6. The molecule has 0 spiro atoms. The van der Waals surface area contributed by atoms with Crippen LogP contribution in [-0.2, 0) is 19.1 Å². The van der Waals surface area contributed by atoms with E-state index in [2.05, 4.69) is 66.0 Å². The average molecular weight is 467 g/mol. The van der Waals surface area contributed by atoms with Crippen LogP contribution in [0.4, 0.5) is 0 Å². The molecule has 2 aliphatic heterocycles. The lowest BCUT2D eigenvalue weighted by Gasteiger charge is -2.45. The molecule has 0 aromatic heterocycles. The Hall–Kier alpha value is -1.14. The van der Waals surface area contributed by atoms with Crippen LogP contribution in [0, 0.1) is 11.8 Å². The molecule has 0 radical (unpaired) electrons. The van der Waals surface area contributed by atoms with Gasteiger partial charge in [-0.15, -0.1) is 0 Å². The summed E-state index contributed by atoms with van der Waals surface area (Å²) in [5.74, 6) is -0.219. The standard InChI is InChI=1S/C27H50N2O4/c1-19(33-23(31)21-17-26(6,7)29-27(8,9)18-21)13-11-10-12-14-32-22(30)20-15-24(2,3)28-25(4,5)16-20/h19-21,28-29H,10-18H2,1-9H3. The zero-order valence-electron chi connectivity index (χ0n) is 22.7. The van der Waals surface area contributed by atoms with Gasteiger partial charge in [0.1, 0.15) is 0 Å². The van der Waals surface area contributed by atoms with Gasteiger partial charge in [0.05, 0.1) is 24.5 Å². The van der Waals surface area contributed by atoms with E-state index in [1.54, 1.807) is 0 Å². The van der Waals surface area contributed by atoms with Crippen molar-refractivity contribution in [1.82, 2.24) is 10.6 Å². The monoisotopic (exact) mass is 466 g/mol. The molecule has 2 saturated heterocycles. The van der Waals surface area contributed by atoms with Gasteiger partial charge < -0.3 is 20.1 Å². The Balaban J connectivity index is 1.63. The fourth-order valence-corrected chi connectivity index (χ4v) is 6.33. The maximum Gasteiger partial charge on any atom is 0.309 e. The smallest absolute Gasteiger partial charge is 0.309 e. The molecule has 0 aromatic carbocycles. The molecular weight excluding hydrogens is 416 g/mol. The Bertz CT molecular complexity index is 652. The highest BCUT2D eigenvalue weighted by Crippen LogP contribution is 2.34. The number of carbonyl (C=O) groups excluding carboxylic acids is 2. The average Bonchev–Trinajstić information content (AvgIpc) is 2.59. The van der Waals surface area contributed by atoms with E-state index in [4.69, 9.17) is 9.47 Å². The first-order valence-electron chi connectivity index (χ1n) is 13.0. The van der Waals surface area contributed by atoms with E-state index in [0.29, 0.717) is 6.61 Å². The summed E-state index contributed by atoms with van der Waals surface area (Å²) >= 11 is 0. The second-order valence-electron chi connectivity index (χ2n) is 13.3. The molecule has 2 aliphatic rings. The van der Waals surface area contributed by atoms with Crippen LogP contribution in [-0.4, -0.2) is 46.8 Å². The van der Waals surface area contributed by atoms with Crippen molar-refractivity contribution in [3.05, 3.63) is 0 Å². The van der Waals surface area contributed by atoms with E-state index < -0.39 is 0 Å². The molecule has 0 aromatic rings. The van der Waals surface area contributed by atoms with Gasteiger partial charge in [-0.3, -0.25) is 9.59 Å². The Morgan fingerprint density at radius 1 is 0.727 bits per heavy atom. The van der Waals surface area contributed by atoms with Gasteiger partial charge in [-0.25, -0.2) is 0 Å². The summed E-state index contributed by atoms with van der Waals surface area (Å²) < 4.78 is 11.4. The van der Waals surface area contributed by atoms with Crippen molar-refractivity contribution in [3.63, 3.8) is 0 Å². The maximum absolute atomic E-state index is 12.7. The highest BCUT2D eigenvalue weighted by molar-refractivity contribution is 5.73. The number of ether oxygens (including phenoxy) is 2. The van der Waals surface area contributed by atoms with Crippen LogP contribution in [0.1, 0.15) is 114 Å². The lowest BCUT2D eigenvalue weighted by molar-refractivity contribution is -0.157. The fourth-order valence-electron chi connectivity index (χ4n) is 6.33. The number of carbonyl (C=O) groups is 2. The molecule has 2 N–H and O–H groups in total. The Morgan fingerprint density at radius 2 is 1.15 bits per heavy atom. The number of hydrogen-bond donors (Lipinski definition) is 2. The highest BCUT2D eigenvalue weighted by Gasteiger charge is 2.42. The fraction of sp³-hybridized carbons (Fsp3) is 0.926. The first-order chi connectivity index (χ1) is 15.0. The van der Waals surface area contributed by atoms with E-state index in [1.807, 2.05) is 6.92 Å². The zero-order chi connectivity index (χ0) is 25.1. The van der Waals surface area contributed by atoms with Crippen LogP contribution in [0.5, 0.6) is 0 Å². The van der Waals surface area contributed by atoms with Crippen molar-refractivity contribution in [3.8, 4) is 0 Å². The molecule has 6 nitrogen and oxygen atoms in total. The van der Waals surface area contributed by atoms with Crippen LogP contribution in [0.15, 0.2) is 0 Å². The van der Waals surface area contributed by atoms with Gasteiger partial charge >= 0.3 is 11.9 Å². The van der Waals surface area contributed by atoms with Crippen molar-refractivity contribution < 1.29 is 19.1 Å². The summed E-state index contributed by atoms with van der Waals surface area (Å²) in [7, 11) is 0. The molecule has 0 aliphatic carbocycles. The molecule has 0 bridgehead atoms. The van der Waals surface area contributed by atoms with E-state index in [1.165, 1.54) is 0 Å².